The lowest BCUT2D eigenvalue weighted by Crippen LogP contribution is -2.52. The maximum Gasteiger partial charge on any atom is 0.244 e. The molecule has 2 heterocycles. The number of rotatable bonds is 12. The molecule has 2 aromatic carbocycles. The summed E-state index contributed by atoms with van der Waals surface area (Å²) < 4.78 is 0. The summed E-state index contributed by atoms with van der Waals surface area (Å²) in [5, 5.41) is 9.12. The van der Waals surface area contributed by atoms with Gasteiger partial charge in [-0.1, -0.05) is 49.7 Å². The molecule has 0 saturated carbocycles. The van der Waals surface area contributed by atoms with Gasteiger partial charge in [-0.3, -0.25) is 19.2 Å². The molecule has 248 valence electrons. The number of fused-ring (bicyclic) bond motifs is 1. The summed E-state index contributed by atoms with van der Waals surface area (Å²) >= 11 is 0. The zero-order valence-corrected chi connectivity index (χ0v) is 27.7. The Kier molecular flexibility index (Phi) is 11.0. The Hall–Kier alpha value is -4.57. The van der Waals surface area contributed by atoms with Crippen molar-refractivity contribution in [1.82, 2.24) is 20.1 Å². The van der Waals surface area contributed by atoms with E-state index in [4.69, 9.17) is 0 Å². The van der Waals surface area contributed by atoms with Crippen molar-refractivity contribution in [1.29, 1.82) is 0 Å². The quantitative estimate of drug-likeness (QED) is 0.268. The van der Waals surface area contributed by atoms with Crippen LogP contribution in [0.4, 0.5) is 11.5 Å². The van der Waals surface area contributed by atoms with E-state index in [-0.39, 0.29) is 36.1 Å². The van der Waals surface area contributed by atoms with Crippen LogP contribution in [0.3, 0.4) is 0 Å². The Morgan fingerprint density at radius 2 is 1.66 bits per heavy atom. The van der Waals surface area contributed by atoms with E-state index in [0.717, 1.165) is 28.7 Å². The zero-order chi connectivity index (χ0) is 33.4. The number of nitrogens with one attached hydrogen (secondary N) is 3. The molecule has 0 unspecified atom stereocenters. The number of amides is 4. The Bertz CT molecular complexity index is 1580. The van der Waals surface area contributed by atoms with E-state index >= 15 is 0 Å². The fourth-order valence-electron chi connectivity index (χ4n) is 7.03. The van der Waals surface area contributed by atoms with Crippen LogP contribution >= 0.6 is 0 Å². The Morgan fingerprint density at radius 3 is 2.34 bits per heavy atom. The van der Waals surface area contributed by atoms with Crippen LogP contribution in [-0.4, -0.2) is 65.1 Å². The number of benzene rings is 2. The topological polar surface area (TPSA) is 124 Å². The van der Waals surface area contributed by atoms with E-state index in [1.165, 1.54) is 0 Å². The molecule has 1 aromatic heterocycles. The molecule has 1 aliphatic carbocycles. The number of carbonyl (C=O) groups excluding carboxylic acids is 4. The lowest BCUT2D eigenvalue weighted by Gasteiger charge is -2.43. The highest BCUT2D eigenvalue weighted by atomic mass is 16.2. The first-order valence-corrected chi connectivity index (χ1v) is 16.6. The fraction of sp³-hybridized carbons (Fsp3) is 0.432. The second-order valence-corrected chi connectivity index (χ2v) is 12.8. The van der Waals surface area contributed by atoms with Crippen LogP contribution in [0, 0.1) is 11.3 Å². The molecule has 47 heavy (non-hydrogen) atoms. The van der Waals surface area contributed by atoms with Crippen molar-refractivity contribution >= 4 is 35.1 Å². The fourth-order valence-corrected chi connectivity index (χ4v) is 7.03. The molecule has 4 amide bonds. The number of hydrogen-bond donors (Lipinski definition) is 3. The number of carbonyl (C=O) groups is 4. The van der Waals surface area contributed by atoms with Gasteiger partial charge in [0.25, 0.3) is 0 Å². The first-order valence-electron chi connectivity index (χ1n) is 16.6. The van der Waals surface area contributed by atoms with Crippen LogP contribution in [-0.2, 0) is 45.1 Å². The van der Waals surface area contributed by atoms with Gasteiger partial charge in [-0.25, -0.2) is 4.98 Å². The largest absolute Gasteiger partial charge is 0.343 e. The number of anilines is 2. The average Bonchev–Trinajstić information content (AvgIpc) is 3.50. The number of pyridine rings is 1. The van der Waals surface area contributed by atoms with Crippen molar-refractivity contribution in [2.45, 2.75) is 65.5 Å². The van der Waals surface area contributed by atoms with Gasteiger partial charge in [0.2, 0.25) is 23.6 Å². The number of likely N-dealkylation sites (tertiary alicyclic amines) is 1. The molecule has 0 radical (unpaired) electrons. The van der Waals surface area contributed by atoms with Gasteiger partial charge in [0.05, 0.1) is 5.41 Å². The molecule has 5 rings (SSSR count). The van der Waals surface area contributed by atoms with Crippen LogP contribution in [0.5, 0.6) is 0 Å². The molecular formula is C37H46N6O4. The predicted molar refractivity (Wildman–Crippen MR) is 182 cm³/mol. The number of hydrogen-bond acceptors (Lipinski definition) is 6. The normalized spacial score (nSPS) is 16.7. The monoisotopic (exact) mass is 638 g/mol. The van der Waals surface area contributed by atoms with Gasteiger partial charge in [0, 0.05) is 50.9 Å². The summed E-state index contributed by atoms with van der Waals surface area (Å²) in [6, 6.07) is 19.1. The van der Waals surface area contributed by atoms with E-state index in [1.54, 1.807) is 35.1 Å². The number of nitrogens with zero attached hydrogens (tertiary/aromatic N) is 3. The smallest absolute Gasteiger partial charge is 0.244 e. The Morgan fingerprint density at radius 1 is 0.936 bits per heavy atom. The third kappa shape index (κ3) is 8.24. The predicted octanol–water partition coefficient (Wildman–Crippen LogP) is 4.55. The second kappa shape index (κ2) is 15.3. The molecule has 2 aliphatic rings. The van der Waals surface area contributed by atoms with E-state index in [1.807, 2.05) is 55.6 Å². The first kappa shape index (κ1) is 33.8. The summed E-state index contributed by atoms with van der Waals surface area (Å²) in [5.74, 6) is -0.0536. The molecule has 1 saturated heterocycles. The first-order chi connectivity index (χ1) is 22.7. The molecule has 1 atom stereocenters. The molecule has 3 N–H and O–H groups in total. The van der Waals surface area contributed by atoms with Gasteiger partial charge in [-0.05, 0) is 85.7 Å². The van der Waals surface area contributed by atoms with Crippen molar-refractivity contribution in [2.24, 2.45) is 11.3 Å². The number of piperidine rings is 1. The minimum Gasteiger partial charge on any atom is -0.343 e. The molecule has 0 spiro atoms. The van der Waals surface area contributed by atoms with Gasteiger partial charge in [-0.2, -0.15) is 0 Å². The highest BCUT2D eigenvalue weighted by molar-refractivity contribution is 5.96. The van der Waals surface area contributed by atoms with E-state index in [0.29, 0.717) is 69.8 Å². The molecule has 0 bridgehead atoms. The van der Waals surface area contributed by atoms with Crippen LogP contribution in [0.1, 0.15) is 61.8 Å². The lowest BCUT2D eigenvalue weighted by atomic mass is 9.73. The minimum atomic E-state index is -0.628. The SMILES string of the molecule is CCCC1(C(=O)N(CC(=O)Nc2ccc3c(c2)C[C@H](C(=O)Nc2ccccn2)C3)Cc2ccccc2CNC)CCN(C(C)=O)CC1. The van der Waals surface area contributed by atoms with Gasteiger partial charge >= 0.3 is 0 Å². The van der Waals surface area contributed by atoms with Gasteiger partial charge < -0.3 is 25.8 Å². The van der Waals surface area contributed by atoms with Crippen LogP contribution < -0.4 is 16.0 Å². The highest BCUT2D eigenvalue weighted by Crippen LogP contribution is 2.39. The van der Waals surface area contributed by atoms with Crippen LogP contribution in [0.2, 0.25) is 0 Å². The van der Waals surface area contributed by atoms with Crippen LogP contribution in [0.25, 0.3) is 0 Å². The van der Waals surface area contributed by atoms with Crippen LogP contribution in [0.15, 0.2) is 66.9 Å². The molecule has 1 fully saturated rings. The van der Waals surface area contributed by atoms with Gasteiger partial charge in [-0.15, -0.1) is 0 Å². The Balaban J connectivity index is 1.31. The third-order valence-electron chi connectivity index (χ3n) is 9.53. The molecule has 3 aromatic rings. The summed E-state index contributed by atoms with van der Waals surface area (Å²) in [5.41, 5.74) is 4.18. The standard InChI is InChI=1S/C37H46N6O4/c1-4-14-37(15-18-42(19-16-37)26(2)44)36(47)43(24-29-10-6-5-9-28(29)23-38-3)25-34(45)40-32-13-12-27-20-31(21-30(27)22-32)35(46)41-33-11-7-8-17-39-33/h5-13,17,22,31,38H,4,14-16,18-21,23-25H2,1-3H3,(H,40,45)(H,39,41,46)/t31-/m1/s1. The van der Waals surface area contributed by atoms with E-state index < -0.39 is 5.41 Å². The van der Waals surface area contributed by atoms with Gasteiger partial charge in [0.15, 0.2) is 0 Å². The summed E-state index contributed by atoms with van der Waals surface area (Å²) in [4.78, 5) is 60.9. The maximum absolute atomic E-state index is 14.5. The summed E-state index contributed by atoms with van der Waals surface area (Å²) in [6.07, 6.45) is 5.53. The second-order valence-electron chi connectivity index (χ2n) is 12.8. The molecule has 1 aliphatic heterocycles. The van der Waals surface area contributed by atoms with Crippen molar-refractivity contribution in [3.63, 3.8) is 0 Å². The molecular weight excluding hydrogens is 592 g/mol. The van der Waals surface area contributed by atoms with E-state index in [9.17, 15) is 19.2 Å². The van der Waals surface area contributed by atoms with Crippen molar-refractivity contribution in [3.8, 4) is 0 Å². The minimum absolute atomic E-state index is 0.0225. The maximum atomic E-state index is 14.5. The van der Waals surface area contributed by atoms with Gasteiger partial charge in [0.1, 0.15) is 12.4 Å². The third-order valence-corrected chi connectivity index (χ3v) is 9.53. The lowest BCUT2D eigenvalue weighted by molar-refractivity contribution is -0.150. The summed E-state index contributed by atoms with van der Waals surface area (Å²) in [6.45, 7) is 5.57. The zero-order valence-electron chi connectivity index (χ0n) is 27.7. The highest BCUT2D eigenvalue weighted by Gasteiger charge is 2.43. The van der Waals surface area contributed by atoms with E-state index in [2.05, 4.69) is 27.9 Å². The summed E-state index contributed by atoms with van der Waals surface area (Å²) in [7, 11) is 1.89. The van der Waals surface area contributed by atoms with Crippen molar-refractivity contribution < 1.29 is 19.2 Å². The van der Waals surface area contributed by atoms with Crippen molar-refractivity contribution in [3.05, 3.63) is 89.1 Å². The molecule has 10 heteroatoms. The Labute approximate surface area is 277 Å². The average molecular weight is 639 g/mol. The number of aromatic nitrogens is 1. The molecule has 10 nitrogen and oxygen atoms in total. The van der Waals surface area contributed by atoms with Crippen molar-refractivity contribution in [2.75, 3.05) is 37.3 Å².